The van der Waals surface area contributed by atoms with Crippen molar-refractivity contribution < 1.29 is 0 Å². The lowest BCUT2D eigenvalue weighted by Gasteiger charge is -2.38. The molecule has 0 spiro atoms. The monoisotopic (exact) mass is 1680 g/mol. The first-order chi connectivity index (χ1) is 60.6. The molecule has 0 saturated carbocycles. The lowest BCUT2D eigenvalue weighted by molar-refractivity contribution is 0.308. The number of hydrogen-bond donors (Lipinski definition) is 0. The second-order valence-corrected chi connectivity index (χ2v) is 44.8. The summed E-state index contributed by atoms with van der Waals surface area (Å²) < 4.78 is 0. The van der Waals surface area contributed by atoms with Crippen LogP contribution in [0, 0.1) is 77.9 Å². The molecule has 10 aromatic carbocycles. The van der Waals surface area contributed by atoms with Crippen LogP contribution in [-0.4, -0.2) is 0 Å². The van der Waals surface area contributed by atoms with E-state index in [4.69, 9.17) is 0 Å². The van der Waals surface area contributed by atoms with Gasteiger partial charge in [-0.3, -0.25) is 0 Å². The van der Waals surface area contributed by atoms with E-state index < -0.39 is 0 Å². The van der Waals surface area contributed by atoms with Crippen molar-refractivity contribution in [3.05, 3.63) is 249 Å². The Kier molecular flexibility index (Phi) is 28.5. The van der Waals surface area contributed by atoms with E-state index in [0.717, 1.165) is 63.2 Å². The van der Waals surface area contributed by atoms with Gasteiger partial charge in [-0.1, -0.05) is 387 Å². The Hall–Kier alpha value is -7.80. The van der Waals surface area contributed by atoms with Crippen molar-refractivity contribution in [3.8, 4) is 100 Å². The molecule has 5 aliphatic rings. The SMILES string of the molecule is CCC(C)CC1(CC(C)CC)c2ccccc2-c2ccc(-c3ccc4c(c3)C(CC(C)CC)(CC(C)CC)c3cc(-c5ccc6c(c5)C(CC(C)CC)(CC(C)CC)c5cc(-c7ccc8c(c7)C(CCC(C)CCCC(C)C)(CCC(C)CCCC(C)C)c7cc(-c9ccc%10c(c9)C(CC(C)CC)(CC(C)CC)c9cc(C)ccc9-%10)ccc7-8)ccc5-6)ccc3-4)cc21. The van der Waals surface area contributed by atoms with Gasteiger partial charge in [-0.2, -0.15) is 0 Å². The number of aryl methyl sites for hydroxylation is 1. The predicted molar refractivity (Wildman–Crippen MR) is 551 cm³/mol. The van der Waals surface area contributed by atoms with Crippen LogP contribution in [0.4, 0.5) is 0 Å². The zero-order chi connectivity index (χ0) is 89.5. The smallest absolute Gasteiger partial charge is 0.0220 e. The van der Waals surface area contributed by atoms with Gasteiger partial charge in [0.25, 0.3) is 0 Å². The van der Waals surface area contributed by atoms with Crippen LogP contribution in [0.1, 0.15) is 380 Å². The molecule has 0 radical (unpaired) electrons. The minimum Gasteiger partial charge on any atom is -0.0651 e. The van der Waals surface area contributed by atoms with Gasteiger partial charge >= 0.3 is 0 Å². The Labute approximate surface area is 768 Å². The first-order valence-corrected chi connectivity index (χ1v) is 52.0. The van der Waals surface area contributed by atoms with Crippen LogP contribution in [-0.2, 0) is 27.1 Å². The van der Waals surface area contributed by atoms with Crippen molar-refractivity contribution in [1.82, 2.24) is 0 Å². The fraction of sp³-hybridized carbons (Fsp3) is 0.524. The van der Waals surface area contributed by atoms with Crippen molar-refractivity contribution in [2.45, 2.75) is 353 Å². The molecule has 0 heteroatoms. The molecule has 10 aromatic rings. The lowest BCUT2D eigenvalue weighted by Crippen LogP contribution is -2.30. The summed E-state index contributed by atoms with van der Waals surface area (Å²) in [6.07, 6.45) is 31.3. The van der Waals surface area contributed by atoms with E-state index in [-0.39, 0.29) is 27.1 Å². The van der Waals surface area contributed by atoms with Gasteiger partial charge in [-0.05, 0) is 359 Å². The molecule has 0 N–H and O–H groups in total. The quantitative estimate of drug-likeness (QED) is 0.0358. The third kappa shape index (κ3) is 17.6. The van der Waals surface area contributed by atoms with E-state index in [1.54, 1.807) is 55.6 Å². The Morgan fingerprint density at radius 3 is 0.619 bits per heavy atom. The van der Waals surface area contributed by atoms with Crippen LogP contribution in [0.5, 0.6) is 0 Å². The highest BCUT2D eigenvalue weighted by atomic mass is 14.5. The van der Waals surface area contributed by atoms with E-state index in [9.17, 15) is 0 Å². The van der Waals surface area contributed by atoms with E-state index >= 15 is 0 Å². The number of rotatable bonds is 42. The fourth-order valence-corrected chi connectivity index (χ4v) is 25.7. The normalized spacial score (nSPS) is 21.5. The van der Waals surface area contributed by atoms with Crippen molar-refractivity contribution in [2.24, 2.45) is 71.0 Å². The van der Waals surface area contributed by atoms with Crippen LogP contribution in [0.15, 0.2) is 188 Å². The third-order valence-corrected chi connectivity index (χ3v) is 34.4. The molecule has 0 aliphatic heterocycles. The van der Waals surface area contributed by atoms with Gasteiger partial charge in [-0.25, -0.2) is 0 Å². The number of hydrogen-bond acceptors (Lipinski definition) is 0. The third-order valence-electron chi connectivity index (χ3n) is 34.4. The molecule has 15 rings (SSSR count). The lowest BCUT2D eigenvalue weighted by atomic mass is 9.65. The summed E-state index contributed by atoms with van der Waals surface area (Å²) in [6, 6.07) is 79.8. The molecule has 668 valence electrons. The maximum absolute atomic E-state index is 2.79. The molecule has 10 atom stereocenters. The Morgan fingerprint density at radius 1 is 0.190 bits per heavy atom. The molecule has 0 heterocycles. The van der Waals surface area contributed by atoms with Crippen molar-refractivity contribution >= 4 is 0 Å². The molecule has 0 fully saturated rings. The summed E-state index contributed by atoms with van der Waals surface area (Å²) in [5.74, 6) is 7.39. The topological polar surface area (TPSA) is 0 Å². The van der Waals surface area contributed by atoms with Crippen LogP contribution in [0.25, 0.3) is 100 Å². The highest BCUT2D eigenvalue weighted by Crippen LogP contribution is 2.64. The largest absolute Gasteiger partial charge is 0.0651 e. The van der Waals surface area contributed by atoms with E-state index in [1.165, 1.54) is 221 Å². The number of fused-ring (bicyclic) bond motifs is 15. The average molecular weight is 1680 g/mol. The Morgan fingerprint density at radius 2 is 0.389 bits per heavy atom. The summed E-state index contributed by atoms with van der Waals surface area (Å²) >= 11 is 0. The molecular weight excluding hydrogens is 1510 g/mol. The molecule has 10 unspecified atom stereocenters. The fourth-order valence-electron chi connectivity index (χ4n) is 25.7. The summed E-state index contributed by atoms with van der Waals surface area (Å²) in [5, 5.41) is 0. The molecule has 5 aliphatic carbocycles. The molecular formula is C126H164. The minimum atomic E-state index is -0.170. The number of benzene rings is 10. The predicted octanol–water partition coefficient (Wildman–Crippen LogP) is 38.0. The molecule has 0 saturated heterocycles. The van der Waals surface area contributed by atoms with Gasteiger partial charge in [0.1, 0.15) is 0 Å². The molecule has 0 nitrogen and oxygen atoms in total. The van der Waals surface area contributed by atoms with E-state index in [2.05, 4.69) is 347 Å². The maximum atomic E-state index is 2.79. The van der Waals surface area contributed by atoms with Crippen LogP contribution in [0.3, 0.4) is 0 Å². The Balaban J connectivity index is 0.847. The highest BCUT2D eigenvalue weighted by Gasteiger charge is 2.51. The van der Waals surface area contributed by atoms with Gasteiger partial charge in [0.05, 0.1) is 0 Å². The molecule has 0 bridgehead atoms. The average Bonchev–Trinajstić information content (AvgIpc) is 1.56. The zero-order valence-electron chi connectivity index (χ0n) is 83.2. The van der Waals surface area contributed by atoms with Gasteiger partial charge in [0, 0.05) is 27.1 Å². The highest BCUT2D eigenvalue weighted by molar-refractivity contribution is 5.93. The maximum Gasteiger partial charge on any atom is 0.0220 e. The first kappa shape index (κ1) is 92.9. The van der Waals surface area contributed by atoms with E-state index in [1.807, 2.05) is 0 Å². The second-order valence-electron chi connectivity index (χ2n) is 44.8. The van der Waals surface area contributed by atoms with Crippen LogP contribution >= 0.6 is 0 Å². The molecule has 0 aromatic heterocycles. The summed E-state index contributed by atoms with van der Waals surface area (Å²) in [6.45, 7) is 56.9. The first-order valence-electron chi connectivity index (χ1n) is 52.0. The second kappa shape index (κ2) is 38.7. The molecule has 0 amide bonds. The molecule has 126 heavy (non-hydrogen) atoms. The van der Waals surface area contributed by atoms with Crippen LogP contribution in [0.2, 0.25) is 0 Å². The van der Waals surface area contributed by atoms with Crippen molar-refractivity contribution in [1.29, 1.82) is 0 Å². The van der Waals surface area contributed by atoms with Crippen molar-refractivity contribution in [2.75, 3.05) is 0 Å². The van der Waals surface area contributed by atoms with E-state index in [0.29, 0.717) is 59.2 Å². The summed E-state index contributed by atoms with van der Waals surface area (Å²) in [4.78, 5) is 0. The van der Waals surface area contributed by atoms with Gasteiger partial charge in [0.15, 0.2) is 0 Å². The van der Waals surface area contributed by atoms with Gasteiger partial charge < -0.3 is 0 Å². The Bertz CT molecular complexity index is 5390. The summed E-state index contributed by atoms with van der Waals surface area (Å²) in [5.41, 5.74) is 42.2. The summed E-state index contributed by atoms with van der Waals surface area (Å²) in [7, 11) is 0. The van der Waals surface area contributed by atoms with Crippen molar-refractivity contribution in [3.63, 3.8) is 0 Å². The minimum absolute atomic E-state index is 0.0130. The van der Waals surface area contributed by atoms with Gasteiger partial charge in [0.2, 0.25) is 0 Å². The van der Waals surface area contributed by atoms with Gasteiger partial charge in [-0.15, -0.1) is 0 Å². The standard InChI is InChI=1S/C126H164/c1-24-83(13)73-123(74-84(14)25-2)112-41-33-32-40-102(112)104-52-43-96(67-116(104)123)99-48-57-109-111-59-50-101(72-121(111)126(119(109)70-99,79-89(19)30-7)80-90(20)31-8)100-49-58-110-108-56-47-98(69-118(108)125(120(110)71-100,77-87(17)28-5)78-88(18)29-6)95-45-54-106-105-53-44-94(97-46-55-107-103-51-42-93(23)64-113(103)124(117(107)68-97,75-85(15)26-3)76-86(16)27-4)65-114(105)122(115(106)66-95,62-60-91(21)38-34-36-81(9)10)63-61-92(22)39-35-37-82(11)12/h32-33,40-59,64-72,81-92H,24-31,34-39,60-63,73-80H2,1-23H3. The zero-order valence-corrected chi connectivity index (χ0v) is 83.2. The van der Waals surface area contributed by atoms with Crippen LogP contribution < -0.4 is 0 Å².